The summed E-state index contributed by atoms with van der Waals surface area (Å²) in [5.41, 5.74) is 0.826. The van der Waals surface area contributed by atoms with E-state index < -0.39 is 5.91 Å². The Balaban J connectivity index is 2.10. The maximum absolute atomic E-state index is 12.6. The van der Waals surface area contributed by atoms with Gasteiger partial charge in [-0.05, 0) is 42.5 Å². The van der Waals surface area contributed by atoms with Gasteiger partial charge in [0.05, 0.1) is 27.9 Å². The van der Waals surface area contributed by atoms with Crippen molar-refractivity contribution in [2.75, 3.05) is 25.6 Å². The molecule has 0 bridgehead atoms. The summed E-state index contributed by atoms with van der Waals surface area (Å²) in [5, 5.41) is 6.23. The molecule has 0 spiro atoms. The Morgan fingerprint density at radius 3 is 2.73 bits per heavy atom. The molecule has 0 fully saturated rings. The summed E-state index contributed by atoms with van der Waals surface area (Å²) in [5.74, 6) is 0.000653. The van der Waals surface area contributed by atoms with Crippen LogP contribution in [-0.4, -0.2) is 31.3 Å². The van der Waals surface area contributed by atoms with Crippen LogP contribution in [-0.2, 0) is 4.74 Å². The first kappa shape index (κ1) is 20.9. The monoisotopic (exact) mass is 476 g/mol. The van der Waals surface area contributed by atoms with Gasteiger partial charge in [0.2, 0.25) is 0 Å². The summed E-state index contributed by atoms with van der Waals surface area (Å²) in [6.45, 7) is 0.726. The maximum atomic E-state index is 12.6. The lowest BCUT2D eigenvalue weighted by Gasteiger charge is -2.14. The molecule has 0 aliphatic carbocycles. The molecule has 0 radical (unpaired) electrons. The van der Waals surface area contributed by atoms with Crippen molar-refractivity contribution >= 4 is 68.1 Å². The summed E-state index contributed by atoms with van der Waals surface area (Å²) in [7, 11) is 1.57. The number of ether oxygens (including phenoxy) is 2. The van der Waals surface area contributed by atoms with Crippen molar-refractivity contribution in [1.29, 1.82) is 0 Å². The molecule has 0 aliphatic heterocycles. The van der Waals surface area contributed by atoms with Crippen LogP contribution < -0.4 is 15.4 Å². The molecule has 9 heteroatoms. The van der Waals surface area contributed by atoms with Crippen molar-refractivity contribution in [1.82, 2.24) is 5.32 Å². The third-order valence-corrected chi connectivity index (χ3v) is 4.67. The zero-order valence-corrected chi connectivity index (χ0v) is 17.6. The van der Waals surface area contributed by atoms with E-state index in [1.54, 1.807) is 43.5 Å². The molecule has 2 aromatic carbocycles. The Morgan fingerprint density at radius 1 is 1.23 bits per heavy atom. The van der Waals surface area contributed by atoms with Crippen LogP contribution in [0.1, 0.15) is 10.4 Å². The fourth-order valence-corrected chi connectivity index (χ4v) is 2.88. The van der Waals surface area contributed by atoms with Crippen LogP contribution in [0.15, 0.2) is 40.9 Å². The third kappa shape index (κ3) is 5.82. The lowest BCUT2D eigenvalue weighted by atomic mass is 10.2. The van der Waals surface area contributed by atoms with E-state index in [0.29, 0.717) is 40.3 Å². The second-order valence-electron chi connectivity index (χ2n) is 4.99. The molecular weight excluding hydrogens is 463 g/mol. The highest BCUT2D eigenvalue weighted by molar-refractivity contribution is 9.10. The summed E-state index contributed by atoms with van der Waals surface area (Å²) >= 11 is 20.6. The smallest absolute Gasteiger partial charge is 0.261 e. The SMILES string of the molecule is COCCOc1ccc(Br)cc1C(=O)NC(=S)Nc1cccc(Cl)c1Cl. The molecule has 0 aliphatic rings. The molecule has 0 aromatic heterocycles. The van der Waals surface area contributed by atoms with Crippen molar-refractivity contribution in [3.63, 3.8) is 0 Å². The number of hydrogen-bond acceptors (Lipinski definition) is 4. The minimum Gasteiger partial charge on any atom is -0.490 e. The van der Waals surface area contributed by atoms with Crippen LogP contribution in [0.2, 0.25) is 10.0 Å². The maximum Gasteiger partial charge on any atom is 0.261 e. The highest BCUT2D eigenvalue weighted by Crippen LogP contribution is 2.29. The number of hydrogen-bond donors (Lipinski definition) is 2. The lowest BCUT2D eigenvalue weighted by molar-refractivity contribution is 0.0969. The van der Waals surface area contributed by atoms with Gasteiger partial charge in [-0.25, -0.2) is 0 Å². The minimum absolute atomic E-state index is 0.0852. The molecule has 26 heavy (non-hydrogen) atoms. The molecule has 2 aromatic rings. The van der Waals surface area contributed by atoms with E-state index >= 15 is 0 Å². The van der Waals surface area contributed by atoms with Gasteiger partial charge in [-0.2, -0.15) is 0 Å². The predicted octanol–water partition coefficient (Wildman–Crippen LogP) is 4.91. The first-order valence-electron chi connectivity index (χ1n) is 7.40. The van der Waals surface area contributed by atoms with Gasteiger partial charge in [0.1, 0.15) is 12.4 Å². The molecule has 0 saturated heterocycles. The number of carbonyl (C=O) groups excluding carboxylic acids is 1. The van der Waals surface area contributed by atoms with E-state index in [1.807, 2.05) is 0 Å². The number of halogens is 3. The number of nitrogens with one attached hydrogen (secondary N) is 2. The zero-order chi connectivity index (χ0) is 19.1. The topological polar surface area (TPSA) is 59.6 Å². The van der Waals surface area contributed by atoms with Crippen molar-refractivity contribution in [2.24, 2.45) is 0 Å². The highest BCUT2D eigenvalue weighted by atomic mass is 79.9. The molecule has 2 rings (SSSR count). The largest absolute Gasteiger partial charge is 0.490 e. The molecule has 138 valence electrons. The lowest BCUT2D eigenvalue weighted by Crippen LogP contribution is -2.34. The summed E-state index contributed by atoms with van der Waals surface area (Å²) in [6, 6.07) is 10.2. The molecule has 0 unspecified atom stereocenters. The zero-order valence-electron chi connectivity index (χ0n) is 13.6. The van der Waals surface area contributed by atoms with Crippen molar-refractivity contribution in [3.8, 4) is 5.75 Å². The number of carbonyl (C=O) groups is 1. The Morgan fingerprint density at radius 2 is 2.00 bits per heavy atom. The Labute approximate surface area is 175 Å². The standard InChI is InChI=1S/C17H15BrCl2N2O3S/c1-24-7-8-25-14-6-5-10(18)9-11(14)16(23)22-17(26)21-13-4-2-3-12(19)15(13)20/h2-6,9H,7-8H2,1H3,(H2,21,22,23,26). The van der Waals surface area contributed by atoms with Crippen LogP contribution in [0.5, 0.6) is 5.75 Å². The Hall–Kier alpha value is -1.38. The van der Waals surface area contributed by atoms with Crippen LogP contribution >= 0.6 is 51.3 Å². The first-order chi connectivity index (χ1) is 12.4. The fraction of sp³-hybridized carbons (Fsp3) is 0.176. The fourth-order valence-electron chi connectivity index (χ4n) is 1.96. The molecule has 2 N–H and O–H groups in total. The number of benzene rings is 2. The number of thiocarbonyl (C=S) groups is 1. The molecule has 0 saturated carbocycles. The quantitative estimate of drug-likeness (QED) is 0.457. The van der Waals surface area contributed by atoms with Gasteiger partial charge < -0.3 is 14.8 Å². The molecular formula is C17H15BrCl2N2O3S. The van der Waals surface area contributed by atoms with E-state index in [4.69, 9.17) is 44.9 Å². The number of amides is 1. The number of methoxy groups -OCH3 is 1. The van der Waals surface area contributed by atoms with Gasteiger partial charge in [0, 0.05) is 11.6 Å². The summed E-state index contributed by atoms with van der Waals surface area (Å²) in [6.07, 6.45) is 0. The van der Waals surface area contributed by atoms with E-state index in [1.165, 1.54) is 0 Å². The van der Waals surface area contributed by atoms with E-state index in [-0.39, 0.29) is 5.11 Å². The van der Waals surface area contributed by atoms with Crippen LogP contribution in [0.3, 0.4) is 0 Å². The van der Waals surface area contributed by atoms with Gasteiger partial charge in [-0.3, -0.25) is 10.1 Å². The molecule has 1 amide bonds. The predicted molar refractivity (Wildman–Crippen MR) is 112 cm³/mol. The molecule has 0 atom stereocenters. The molecule has 0 heterocycles. The average molecular weight is 478 g/mol. The highest BCUT2D eigenvalue weighted by Gasteiger charge is 2.15. The van der Waals surface area contributed by atoms with Gasteiger partial charge in [-0.15, -0.1) is 0 Å². The van der Waals surface area contributed by atoms with E-state index in [2.05, 4.69) is 26.6 Å². The number of anilines is 1. The van der Waals surface area contributed by atoms with Gasteiger partial charge in [0.25, 0.3) is 5.91 Å². The summed E-state index contributed by atoms with van der Waals surface area (Å²) < 4.78 is 11.3. The molecule has 5 nitrogen and oxygen atoms in total. The van der Waals surface area contributed by atoms with Crippen molar-refractivity contribution in [3.05, 3.63) is 56.5 Å². The van der Waals surface area contributed by atoms with Crippen LogP contribution in [0.4, 0.5) is 5.69 Å². The van der Waals surface area contributed by atoms with Crippen LogP contribution in [0, 0.1) is 0 Å². The second kappa shape index (κ2) is 10.1. The van der Waals surface area contributed by atoms with E-state index in [9.17, 15) is 4.79 Å². The van der Waals surface area contributed by atoms with Gasteiger partial charge in [0.15, 0.2) is 5.11 Å². The van der Waals surface area contributed by atoms with Crippen molar-refractivity contribution < 1.29 is 14.3 Å². The van der Waals surface area contributed by atoms with Crippen LogP contribution in [0.25, 0.3) is 0 Å². The van der Waals surface area contributed by atoms with E-state index in [0.717, 1.165) is 4.47 Å². The first-order valence-corrected chi connectivity index (χ1v) is 9.35. The minimum atomic E-state index is -0.422. The summed E-state index contributed by atoms with van der Waals surface area (Å²) in [4.78, 5) is 12.6. The third-order valence-electron chi connectivity index (χ3n) is 3.16. The average Bonchev–Trinajstić information content (AvgIpc) is 2.60. The number of rotatable bonds is 6. The normalized spacial score (nSPS) is 10.3. The Kier molecular flexibility index (Phi) is 8.12. The van der Waals surface area contributed by atoms with Crippen molar-refractivity contribution in [2.45, 2.75) is 0 Å². The Bertz CT molecular complexity index is 821. The van der Waals surface area contributed by atoms with Gasteiger partial charge >= 0.3 is 0 Å². The second-order valence-corrected chi connectivity index (χ2v) is 7.10. The van der Waals surface area contributed by atoms with Gasteiger partial charge in [-0.1, -0.05) is 45.2 Å².